The molecule has 0 saturated heterocycles. The van der Waals surface area contributed by atoms with Crippen molar-refractivity contribution < 1.29 is 24.5 Å². The molecule has 0 spiro atoms. The average Bonchev–Trinajstić information content (AvgIpc) is 3.28. The smallest absolute Gasteiger partial charge is 0.306 e. The van der Waals surface area contributed by atoms with Gasteiger partial charge in [-0.1, -0.05) is 214 Å². The van der Waals surface area contributed by atoms with Crippen molar-refractivity contribution in [3.8, 4) is 0 Å². The summed E-state index contributed by atoms with van der Waals surface area (Å²) in [7, 11) is 0. The van der Waals surface area contributed by atoms with Crippen molar-refractivity contribution in [2.24, 2.45) is 0 Å². The molecule has 63 heavy (non-hydrogen) atoms. The van der Waals surface area contributed by atoms with E-state index in [4.69, 9.17) is 4.74 Å². The van der Waals surface area contributed by atoms with E-state index < -0.39 is 18.2 Å². The third-order valence-corrected chi connectivity index (χ3v) is 10.9. The molecule has 358 valence electrons. The summed E-state index contributed by atoms with van der Waals surface area (Å²) in [5.41, 5.74) is 0. The number of hydrogen-bond acceptors (Lipinski definition) is 5. The molecule has 6 nitrogen and oxygen atoms in total. The van der Waals surface area contributed by atoms with Gasteiger partial charge in [-0.2, -0.15) is 0 Å². The number of hydrogen-bond donors (Lipinski definition) is 3. The highest BCUT2D eigenvalue weighted by Gasteiger charge is 2.24. The van der Waals surface area contributed by atoms with Gasteiger partial charge < -0.3 is 20.3 Å². The molecule has 0 bridgehead atoms. The minimum atomic E-state index is -0.812. The fourth-order valence-corrected chi connectivity index (χ4v) is 7.06. The first-order valence-corrected chi connectivity index (χ1v) is 25.6. The molecule has 0 fully saturated rings. The normalized spacial score (nSPS) is 14.2. The fourth-order valence-electron chi connectivity index (χ4n) is 7.06. The van der Waals surface area contributed by atoms with E-state index in [2.05, 4.69) is 129 Å². The van der Waals surface area contributed by atoms with E-state index in [-0.39, 0.29) is 31.3 Å². The van der Waals surface area contributed by atoms with Crippen molar-refractivity contribution in [2.45, 2.75) is 232 Å². The Balaban J connectivity index is 4.76. The molecule has 3 unspecified atom stereocenters. The molecular weight excluding hydrogens is 779 g/mol. The van der Waals surface area contributed by atoms with Gasteiger partial charge in [0, 0.05) is 6.42 Å². The maximum absolute atomic E-state index is 13.2. The molecule has 0 radical (unpaired) electrons. The van der Waals surface area contributed by atoms with Crippen LogP contribution in [0.4, 0.5) is 0 Å². The van der Waals surface area contributed by atoms with Gasteiger partial charge in [-0.25, -0.2) is 0 Å². The number of aliphatic hydroxyl groups excluding tert-OH is 2. The molecule has 0 aliphatic heterocycles. The molecule has 3 N–H and O–H groups in total. The van der Waals surface area contributed by atoms with Crippen molar-refractivity contribution in [3.63, 3.8) is 0 Å². The standard InChI is InChI=1S/C57H95NO5/c1-4-7-10-13-16-19-22-24-26-27-28-29-30-32-35-38-41-44-47-50-57(62)63-53(48-45-42-39-36-34-31-25-23-20-17-14-11-8-5-2)51-56(61)58-54(52-59)55(60)49-46-43-40-37-33-21-18-15-12-9-6-3/h7-8,10-11,16-17,19-20,24-26,28-29,31-32,35,41,44,53-55,59-60H,4-6,9,12-15,18,21-23,27,30,33-34,36-40,42-43,45-52H2,1-3H3,(H,58,61)/b10-7-,11-8+,19-16-,20-17+,26-24-,29-28-,31-25+,35-32-,44-41-. The summed E-state index contributed by atoms with van der Waals surface area (Å²) in [6.07, 6.45) is 67.3. The van der Waals surface area contributed by atoms with Gasteiger partial charge in [0.15, 0.2) is 0 Å². The number of carbonyl (C=O) groups excluding carboxylic acids is 2. The number of allylic oxidation sites excluding steroid dienone is 18. The van der Waals surface area contributed by atoms with Crippen molar-refractivity contribution in [3.05, 3.63) is 109 Å². The highest BCUT2D eigenvalue weighted by atomic mass is 16.5. The Labute approximate surface area is 388 Å². The number of esters is 1. The molecule has 0 aliphatic carbocycles. The van der Waals surface area contributed by atoms with Crippen LogP contribution in [0.3, 0.4) is 0 Å². The monoisotopic (exact) mass is 874 g/mol. The Hall–Kier alpha value is -3.48. The molecule has 0 rings (SSSR count). The van der Waals surface area contributed by atoms with Crippen LogP contribution in [0.2, 0.25) is 0 Å². The third-order valence-electron chi connectivity index (χ3n) is 10.9. The first kappa shape index (κ1) is 59.5. The van der Waals surface area contributed by atoms with Crippen molar-refractivity contribution in [1.29, 1.82) is 0 Å². The Morgan fingerprint density at radius 2 is 0.857 bits per heavy atom. The molecule has 0 aromatic rings. The summed E-state index contributed by atoms with van der Waals surface area (Å²) in [6, 6.07) is -0.730. The number of aliphatic hydroxyl groups is 2. The van der Waals surface area contributed by atoms with Crippen LogP contribution in [0, 0.1) is 0 Å². The zero-order chi connectivity index (χ0) is 45.9. The molecular formula is C57H95NO5. The van der Waals surface area contributed by atoms with Gasteiger partial charge in [-0.3, -0.25) is 9.59 Å². The number of carbonyl (C=O) groups is 2. The van der Waals surface area contributed by atoms with Gasteiger partial charge in [0.05, 0.1) is 25.2 Å². The number of ether oxygens (including phenoxy) is 1. The summed E-state index contributed by atoms with van der Waals surface area (Å²) < 4.78 is 5.88. The second-order valence-corrected chi connectivity index (χ2v) is 16.8. The Morgan fingerprint density at radius 1 is 0.476 bits per heavy atom. The summed E-state index contributed by atoms with van der Waals surface area (Å²) in [5, 5.41) is 23.7. The van der Waals surface area contributed by atoms with E-state index >= 15 is 0 Å². The lowest BCUT2D eigenvalue weighted by atomic mass is 10.0. The first-order valence-electron chi connectivity index (χ1n) is 25.6. The molecule has 0 aromatic heterocycles. The minimum absolute atomic E-state index is 0.0256. The molecule has 0 aliphatic rings. The third kappa shape index (κ3) is 44.9. The lowest BCUT2D eigenvalue weighted by Gasteiger charge is -2.24. The van der Waals surface area contributed by atoms with Crippen LogP contribution >= 0.6 is 0 Å². The summed E-state index contributed by atoms with van der Waals surface area (Å²) in [6.45, 7) is 6.21. The topological polar surface area (TPSA) is 95.9 Å². The molecule has 0 heterocycles. The largest absolute Gasteiger partial charge is 0.462 e. The summed E-state index contributed by atoms with van der Waals surface area (Å²) in [5.74, 6) is -0.606. The van der Waals surface area contributed by atoms with E-state index in [1.165, 1.54) is 51.4 Å². The average molecular weight is 874 g/mol. The van der Waals surface area contributed by atoms with Gasteiger partial charge in [0.25, 0.3) is 0 Å². The van der Waals surface area contributed by atoms with E-state index in [1.807, 2.05) is 6.08 Å². The first-order chi connectivity index (χ1) is 31.0. The summed E-state index contributed by atoms with van der Waals surface area (Å²) in [4.78, 5) is 26.1. The predicted molar refractivity (Wildman–Crippen MR) is 273 cm³/mol. The number of nitrogens with one attached hydrogen (secondary N) is 1. The van der Waals surface area contributed by atoms with Crippen LogP contribution in [0.15, 0.2) is 109 Å². The SMILES string of the molecule is CC/C=C\C/C=C\C/C=C\C/C=C\C/C=C\C/C=C\CCC(=O)OC(CCCCCC/C=C/C/C=C/C/C=C/CC)CC(=O)NC(CO)C(O)CCCCCCCCCCCCC. The van der Waals surface area contributed by atoms with Gasteiger partial charge in [0.2, 0.25) is 5.91 Å². The van der Waals surface area contributed by atoms with Crippen LogP contribution < -0.4 is 5.32 Å². The van der Waals surface area contributed by atoms with Crippen LogP contribution in [-0.4, -0.2) is 46.9 Å². The Morgan fingerprint density at radius 3 is 1.30 bits per heavy atom. The Kier molecular flexibility index (Phi) is 46.8. The minimum Gasteiger partial charge on any atom is -0.462 e. The predicted octanol–water partition coefficient (Wildman–Crippen LogP) is 15.5. The zero-order valence-corrected chi connectivity index (χ0v) is 40.7. The lowest BCUT2D eigenvalue weighted by molar-refractivity contribution is -0.150. The summed E-state index contributed by atoms with van der Waals surface area (Å²) >= 11 is 0. The maximum atomic E-state index is 13.2. The van der Waals surface area contributed by atoms with E-state index in [0.717, 1.165) is 109 Å². The zero-order valence-electron chi connectivity index (χ0n) is 40.7. The van der Waals surface area contributed by atoms with E-state index in [0.29, 0.717) is 19.3 Å². The van der Waals surface area contributed by atoms with Crippen molar-refractivity contribution in [1.82, 2.24) is 5.32 Å². The van der Waals surface area contributed by atoms with Gasteiger partial charge in [-0.15, -0.1) is 0 Å². The van der Waals surface area contributed by atoms with Crippen LogP contribution in [0.1, 0.15) is 213 Å². The highest BCUT2D eigenvalue weighted by Crippen LogP contribution is 2.16. The number of rotatable bonds is 44. The number of unbranched alkanes of at least 4 members (excludes halogenated alkanes) is 14. The lowest BCUT2D eigenvalue weighted by Crippen LogP contribution is -2.46. The quantitative estimate of drug-likeness (QED) is 0.0322. The molecule has 0 aromatic carbocycles. The van der Waals surface area contributed by atoms with Gasteiger partial charge in [-0.05, 0) is 96.3 Å². The van der Waals surface area contributed by atoms with Crippen LogP contribution in [-0.2, 0) is 14.3 Å². The maximum Gasteiger partial charge on any atom is 0.306 e. The van der Waals surface area contributed by atoms with Crippen LogP contribution in [0.25, 0.3) is 0 Å². The molecule has 6 heteroatoms. The fraction of sp³-hybridized carbons (Fsp3) is 0.649. The van der Waals surface area contributed by atoms with E-state index in [9.17, 15) is 19.8 Å². The molecule has 0 saturated carbocycles. The second-order valence-electron chi connectivity index (χ2n) is 16.8. The highest BCUT2D eigenvalue weighted by molar-refractivity contribution is 5.77. The van der Waals surface area contributed by atoms with E-state index in [1.54, 1.807) is 0 Å². The Bertz CT molecular complexity index is 1300. The van der Waals surface area contributed by atoms with Crippen molar-refractivity contribution in [2.75, 3.05) is 6.61 Å². The molecule has 1 amide bonds. The van der Waals surface area contributed by atoms with Crippen molar-refractivity contribution >= 4 is 11.9 Å². The second kappa shape index (κ2) is 49.5. The van der Waals surface area contributed by atoms with Gasteiger partial charge in [0.1, 0.15) is 6.10 Å². The van der Waals surface area contributed by atoms with Gasteiger partial charge >= 0.3 is 5.97 Å². The molecule has 3 atom stereocenters. The van der Waals surface area contributed by atoms with Crippen LogP contribution in [0.5, 0.6) is 0 Å². The number of amides is 1.